The molecule has 2 heterocycles. The second-order valence-corrected chi connectivity index (χ2v) is 5.71. The van der Waals surface area contributed by atoms with Crippen LogP contribution >= 0.6 is 0 Å². The third-order valence-electron chi connectivity index (χ3n) is 4.30. The maximum absolute atomic E-state index is 9.74. The van der Waals surface area contributed by atoms with Crippen LogP contribution < -0.4 is 0 Å². The summed E-state index contributed by atoms with van der Waals surface area (Å²) >= 11 is 0. The Kier molecular flexibility index (Phi) is 3.97. The summed E-state index contributed by atoms with van der Waals surface area (Å²) in [6.07, 6.45) is 2.23. The smallest absolute Gasteiger partial charge is 0.164 e. The Balaban J connectivity index is 2.05. The van der Waals surface area contributed by atoms with Crippen LogP contribution in [0.2, 0.25) is 0 Å². The first-order valence-electron chi connectivity index (χ1n) is 6.62. The molecule has 6 nitrogen and oxygen atoms in total. The van der Waals surface area contributed by atoms with Crippen LogP contribution in [0, 0.1) is 11.3 Å². The van der Waals surface area contributed by atoms with Gasteiger partial charge in [0.1, 0.15) is 0 Å². The second kappa shape index (κ2) is 5.32. The molecule has 1 atom stereocenters. The standard InChI is InChI=1S/C12H23N5O/c1-10(2)12(9-18)5-4-6-17(8-12)7-11-13-14-15-16(11)3/h10,18H,4-9H2,1-3H3. The predicted octanol–water partition coefficient (Wildman–Crippen LogP) is 0.441. The molecule has 0 aromatic carbocycles. The number of aliphatic hydroxyl groups excluding tert-OH is 1. The van der Waals surface area contributed by atoms with Crippen molar-refractivity contribution in [2.24, 2.45) is 18.4 Å². The maximum atomic E-state index is 9.74. The molecule has 1 aromatic rings. The van der Waals surface area contributed by atoms with Gasteiger partial charge in [-0.2, -0.15) is 0 Å². The molecule has 0 aliphatic carbocycles. The Morgan fingerprint density at radius 2 is 2.22 bits per heavy atom. The largest absolute Gasteiger partial charge is 0.396 e. The number of rotatable bonds is 4. The van der Waals surface area contributed by atoms with E-state index < -0.39 is 0 Å². The normalized spacial score (nSPS) is 25.8. The van der Waals surface area contributed by atoms with Crippen LogP contribution in [-0.2, 0) is 13.6 Å². The molecule has 0 amide bonds. The minimum Gasteiger partial charge on any atom is -0.396 e. The van der Waals surface area contributed by atoms with Gasteiger partial charge in [-0.15, -0.1) is 5.10 Å². The minimum absolute atomic E-state index is 0.0320. The highest BCUT2D eigenvalue weighted by atomic mass is 16.3. The van der Waals surface area contributed by atoms with Crippen LogP contribution in [0.25, 0.3) is 0 Å². The van der Waals surface area contributed by atoms with Crippen LogP contribution in [0.3, 0.4) is 0 Å². The number of piperidine rings is 1. The van der Waals surface area contributed by atoms with E-state index in [1.165, 1.54) is 0 Å². The maximum Gasteiger partial charge on any atom is 0.164 e. The summed E-state index contributed by atoms with van der Waals surface area (Å²) in [4.78, 5) is 2.35. The fourth-order valence-corrected chi connectivity index (χ4v) is 2.76. The molecule has 102 valence electrons. The molecule has 1 fully saturated rings. The van der Waals surface area contributed by atoms with E-state index in [9.17, 15) is 5.11 Å². The van der Waals surface area contributed by atoms with E-state index in [0.717, 1.165) is 38.3 Å². The highest BCUT2D eigenvalue weighted by Gasteiger charge is 2.37. The van der Waals surface area contributed by atoms with E-state index in [0.29, 0.717) is 5.92 Å². The first-order valence-corrected chi connectivity index (χ1v) is 6.62. The Hall–Kier alpha value is -1.01. The number of hydrogen-bond donors (Lipinski definition) is 1. The van der Waals surface area contributed by atoms with E-state index in [-0.39, 0.29) is 12.0 Å². The lowest BCUT2D eigenvalue weighted by Gasteiger charge is -2.44. The lowest BCUT2D eigenvalue weighted by Crippen LogP contribution is -2.48. The fraction of sp³-hybridized carbons (Fsp3) is 0.917. The van der Waals surface area contributed by atoms with Gasteiger partial charge in [-0.3, -0.25) is 4.90 Å². The van der Waals surface area contributed by atoms with Gasteiger partial charge in [0.25, 0.3) is 0 Å². The summed E-state index contributed by atoms with van der Waals surface area (Å²) in [6, 6.07) is 0. The first kappa shape index (κ1) is 13.4. The van der Waals surface area contributed by atoms with Gasteiger partial charge in [0, 0.05) is 19.0 Å². The zero-order valence-corrected chi connectivity index (χ0v) is 11.5. The van der Waals surface area contributed by atoms with Crippen LogP contribution in [0.1, 0.15) is 32.5 Å². The minimum atomic E-state index is 0.0320. The molecular formula is C12H23N5O. The van der Waals surface area contributed by atoms with E-state index in [1.54, 1.807) is 4.68 Å². The second-order valence-electron chi connectivity index (χ2n) is 5.71. The van der Waals surface area contributed by atoms with Crippen LogP contribution in [0.4, 0.5) is 0 Å². The van der Waals surface area contributed by atoms with Crippen LogP contribution in [-0.4, -0.2) is 49.9 Å². The number of tetrazole rings is 1. The van der Waals surface area contributed by atoms with Crippen molar-refractivity contribution < 1.29 is 5.11 Å². The van der Waals surface area contributed by atoms with Gasteiger partial charge in [-0.05, 0) is 35.7 Å². The number of aliphatic hydroxyl groups is 1. The lowest BCUT2D eigenvalue weighted by atomic mass is 9.72. The molecule has 1 unspecified atom stereocenters. The van der Waals surface area contributed by atoms with Crippen molar-refractivity contribution in [3.8, 4) is 0 Å². The van der Waals surface area contributed by atoms with Gasteiger partial charge in [-0.1, -0.05) is 13.8 Å². The summed E-state index contributed by atoms with van der Waals surface area (Å²) in [5, 5.41) is 21.3. The van der Waals surface area contributed by atoms with Gasteiger partial charge in [-0.25, -0.2) is 4.68 Å². The average Bonchev–Trinajstić information content (AvgIpc) is 2.75. The third-order valence-corrected chi connectivity index (χ3v) is 4.30. The van der Waals surface area contributed by atoms with E-state index in [2.05, 4.69) is 34.3 Å². The highest BCUT2D eigenvalue weighted by molar-refractivity contribution is 4.91. The highest BCUT2D eigenvalue weighted by Crippen LogP contribution is 2.37. The number of aromatic nitrogens is 4. The zero-order valence-electron chi connectivity index (χ0n) is 11.5. The molecule has 0 bridgehead atoms. The van der Waals surface area contributed by atoms with Crippen LogP contribution in [0.15, 0.2) is 0 Å². The van der Waals surface area contributed by atoms with Crippen LogP contribution in [0.5, 0.6) is 0 Å². The fourth-order valence-electron chi connectivity index (χ4n) is 2.76. The molecule has 2 rings (SSSR count). The molecule has 1 saturated heterocycles. The monoisotopic (exact) mass is 253 g/mol. The van der Waals surface area contributed by atoms with E-state index >= 15 is 0 Å². The van der Waals surface area contributed by atoms with Gasteiger partial charge in [0.15, 0.2) is 5.82 Å². The molecule has 6 heteroatoms. The predicted molar refractivity (Wildman–Crippen MR) is 67.7 cm³/mol. The first-order chi connectivity index (χ1) is 8.57. The zero-order chi connectivity index (χ0) is 13.2. The molecule has 18 heavy (non-hydrogen) atoms. The summed E-state index contributed by atoms with van der Waals surface area (Å²) in [6.45, 7) is 7.40. The molecule has 1 aliphatic heterocycles. The van der Waals surface area contributed by atoms with E-state index in [1.807, 2.05) is 7.05 Å². The van der Waals surface area contributed by atoms with Crippen molar-refractivity contribution in [2.45, 2.75) is 33.2 Å². The molecule has 0 saturated carbocycles. The van der Waals surface area contributed by atoms with E-state index in [4.69, 9.17) is 0 Å². The van der Waals surface area contributed by atoms with Crippen molar-refractivity contribution >= 4 is 0 Å². The summed E-state index contributed by atoms with van der Waals surface area (Å²) in [5.74, 6) is 1.37. The molecule has 1 N–H and O–H groups in total. The number of hydrogen-bond acceptors (Lipinski definition) is 5. The van der Waals surface area contributed by atoms with Crippen molar-refractivity contribution in [3.63, 3.8) is 0 Å². The topological polar surface area (TPSA) is 67.1 Å². The molecule has 0 spiro atoms. The molecule has 1 aromatic heterocycles. The molecule has 0 radical (unpaired) electrons. The Bertz CT molecular complexity index is 392. The van der Waals surface area contributed by atoms with Crippen molar-refractivity contribution in [1.82, 2.24) is 25.1 Å². The average molecular weight is 253 g/mol. The van der Waals surface area contributed by atoms with Crippen molar-refractivity contribution in [1.29, 1.82) is 0 Å². The van der Waals surface area contributed by atoms with Crippen molar-refractivity contribution in [3.05, 3.63) is 5.82 Å². The SMILES string of the molecule is CC(C)C1(CO)CCCN(Cc2nnnn2C)C1. The Morgan fingerprint density at radius 1 is 1.44 bits per heavy atom. The Labute approximate surface area is 108 Å². The van der Waals surface area contributed by atoms with Gasteiger partial charge >= 0.3 is 0 Å². The Morgan fingerprint density at radius 3 is 2.78 bits per heavy atom. The summed E-state index contributed by atoms with van der Waals surface area (Å²) in [7, 11) is 1.86. The summed E-state index contributed by atoms with van der Waals surface area (Å²) < 4.78 is 1.71. The van der Waals surface area contributed by atoms with Gasteiger partial charge in [0.2, 0.25) is 0 Å². The number of likely N-dealkylation sites (tertiary alicyclic amines) is 1. The quantitative estimate of drug-likeness (QED) is 0.843. The van der Waals surface area contributed by atoms with Crippen molar-refractivity contribution in [2.75, 3.05) is 19.7 Å². The molecule has 1 aliphatic rings. The van der Waals surface area contributed by atoms with Gasteiger partial charge in [0.05, 0.1) is 13.2 Å². The summed E-state index contributed by atoms with van der Waals surface area (Å²) in [5.41, 5.74) is 0.0320. The number of aryl methyl sites for hydroxylation is 1. The third kappa shape index (κ3) is 2.54. The van der Waals surface area contributed by atoms with Gasteiger partial charge < -0.3 is 5.11 Å². The molecular weight excluding hydrogens is 230 g/mol. The number of nitrogens with zero attached hydrogens (tertiary/aromatic N) is 5. The lowest BCUT2D eigenvalue weighted by molar-refractivity contribution is -0.00700.